The van der Waals surface area contributed by atoms with E-state index in [1.165, 1.54) is 14.2 Å². The number of rotatable bonds is 10. The molecule has 4 amide bonds. The van der Waals surface area contributed by atoms with Crippen molar-refractivity contribution in [3.63, 3.8) is 0 Å². The van der Waals surface area contributed by atoms with Crippen molar-refractivity contribution in [2.45, 2.75) is 76.4 Å². The van der Waals surface area contributed by atoms with Gasteiger partial charge in [0.2, 0.25) is 11.8 Å². The second kappa shape index (κ2) is 16.4. The summed E-state index contributed by atoms with van der Waals surface area (Å²) < 4.78 is 16.9. The van der Waals surface area contributed by atoms with Gasteiger partial charge in [0.05, 0.1) is 50.3 Å². The summed E-state index contributed by atoms with van der Waals surface area (Å²) in [5.41, 5.74) is 5.33. The SMILES string of the molecule is COC(=O)N[C@H](C(=O)N1CCCC1c1nc(-c2ccc(-c3ccc(-c4c[nH]c([C@@H]5CC6(CN5C(=O)[C@H](C)N(C)C(=O)O)OCCCO6)n4)cc3)cc2)c[nH]1)C(C)C. The lowest BCUT2D eigenvalue weighted by Gasteiger charge is -2.34. The summed E-state index contributed by atoms with van der Waals surface area (Å²) in [6.07, 6.45) is 4.59. The number of H-pyrrole nitrogens is 2. The largest absolute Gasteiger partial charge is 0.465 e. The molecule has 3 aliphatic rings. The molecule has 302 valence electrons. The number of amides is 4. The van der Waals surface area contributed by atoms with Gasteiger partial charge < -0.3 is 44.4 Å². The molecule has 1 unspecified atom stereocenters. The quantitative estimate of drug-likeness (QED) is 0.158. The molecule has 4 atom stereocenters. The number of carboxylic acid groups (broad SMARTS) is 1. The zero-order valence-electron chi connectivity index (χ0n) is 32.9. The van der Waals surface area contributed by atoms with E-state index in [0.717, 1.165) is 52.1 Å². The molecule has 57 heavy (non-hydrogen) atoms. The number of methoxy groups -OCH3 is 1. The first-order valence-electron chi connectivity index (χ1n) is 19.4. The minimum absolute atomic E-state index is 0.115. The second-order valence-electron chi connectivity index (χ2n) is 15.3. The van der Waals surface area contributed by atoms with Crippen LogP contribution in [0.15, 0.2) is 60.9 Å². The van der Waals surface area contributed by atoms with Crippen molar-refractivity contribution in [3.05, 3.63) is 72.6 Å². The molecule has 2 aromatic heterocycles. The Balaban J connectivity index is 1.03. The van der Waals surface area contributed by atoms with E-state index in [0.29, 0.717) is 43.5 Å². The highest BCUT2D eigenvalue weighted by Gasteiger charge is 2.51. The lowest BCUT2D eigenvalue weighted by Crippen LogP contribution is -2.51. The van der Waals surface area contributed by atoms with Crippen LogP contribution in [0.25, 0.3) is 33.6 Å². The van der Waals surface area contributed by atoms with Gasteiger partial charge in [0, 0.05) is 43.5 Å². The first-order chi connectivity index (χ1) is 27.4. The van der Waals surface area contributed by atoms with Crippen molar-refractivity contribution in [3.8, 4) is 33.6 Å². The van der Waals surface area contributed by atoms with Crippen LogP contribution in [0.1, 0.15) is 70.2 Å². The van der Waals surface area contributed by atoms with Crippen LogP contribution in [-0.2, 0) is 23.8 Å². The smallest absolute Gasteiger partial charge is 0.407 e. The second-order valence-corrected chi connectivity index (χ2v) is 15.3. The van der Waals surface area contributed by atoms with Gasteiger partial charge in [-0.3, -0.25) is 14.5 Å². The summed E-state index contributed by atoms with van der Waals surface area (Å²) >= 11 is 0. The Morgan fingerprint density at radius 1 is 0.842 bits per heavy atom. The maximum atomic E-state index is 13.7. The number of carbonyl (C=O) groups is 4. The van der Waals surface area contributed by atoms with Crippen molar-refractivity contribution < 1.29 is 38.5 Å². The number of nitrogens with zero attached hydrogens (tertiary/aromatic N) is 5. The Labute approximate surface area is 330 Å². The molecule has 4 aromatic rings. The number of likely N-dealkylation sites (tertiary alicyclic amines) is 2. The average molecular weight is 783 g/mol. The third-order valence-electron chi connectivity index (χ3n) is 11.3. The molecule has 3 fully saturated rings. The maximum Gasteiger partial charge on any atom is 0.407 e. The normalized spacial score (nSPS) is 20.1. The fourth-order valence-electron chi connectivity index (χ4n) is 7.88. The van der Waals surface area contributed by atoms with E-state index in [-0.39, 0.29) is 30.3 Å². The fraction of sp³-hybridized carbons (Fsp3) is 0.463. The van der Waals surface area contributed by atoms with E-state index in [1.807, 2.05) is 74.8 Å². The Kier molecular flexibility index (Phi) is 11.4. The monoisotopic (exact) mass is 782 g/mol. The number of hydrogen-bond acceptors (Lipinski definition) is 9. The van der Waals surface area contributed by atoms with Crippen LogP contribution in [-0.4, -0.2) is 122 Å². The van der Waals surface area contributed by atoms with Gasteiger partial charge in [-0.15, -0.1) is 0 Å². The molecule has 1 spiro atoms. The molecule has 0 radical (unpaired) electrons. The van der Waals surface area contributed by atoms with Gasteiger partial charge in [-0.25, -0.2) is 19.6 Å². The predicted molar refractivity (Wildman–Crippen MR) is 208 cm³/mol. The zero-order chi connectivity index (χ0) is 40.4. The first kappa shape index (κ1) is 39.5. The molecule has 0 saturated carbocycles. The van der Waals surface area contributed by atoms with E-state index in [2.05, 4.69) is 15.3 Å². The summed E-state index contributed by atoms with van der Waals surface area (Å²) in [5, 5.41) is 12.2. The molecular formula is C41H50N8O8. The summed E-state index contributed by atoms with van der Waals surface area (Å²) in [6.45, 7) is 7.15. The van der Waals surface area contributed by atoms with Crippen molar-refractivity contribution in [2.75, 3.05) is 40.5 Å². The van der Waals surface area contributed by atoms with Crippen LogP contribution < -0.4 is 5.32 Å². The number of ether oxygens (including phenoxy) is 3. The van der Waals surface area contributed by atoms with Gasteiger partial charge >= 0.3 is 12.2 Å². The van der Waals surface area contributed by atoms with Crippen LogP contribution in [0.5, 0.6) is 0 Å². The molecule has 16 heteroatoms. The van der Waals surface area contributed by atoms with Crippen LogP contribution in [0, 0.1) is 5.92 Å². The summed E-state index contributed by atoms with van der Waals surface area (Å²) in [5.74, 6) is -0.302. The number of alkyl carbamates (subject to hydrolysis) is 1. The van der Waals surface area contributed by atoms with E-state index in [1.54, 1.807) is 16.7 Å². The van der Waals surface area contributed by atoms with Crippen LogP contribution in [0.4, 0.5) is 9.59 Å². The highest BCUT2D eigenvalue weighted by atomic mass is 16.7. The first-order valence-corrected chi connectivity index (χ1v) is 19.4. The Hall–Kier alpha value is -5.74. The summed E-state index contributed by atoms with van der Waals surface area (Å²) in [4.78, 5) is 71.5. The molecule has 16 nitrogen and oxygen atoms in total. The van der Waals surface area contributed by atoms with Gasteiger partial charge in [0.15, 0.2) is 5.79 Å². The van der Waals surface area contributed by atoms with E-state index < -0.39 is 36.1 Å². The van der Waals surface area contributed by atoms with Gasteiger partial charge in [0.1, 0.15) is 23.7 Å². The van der Waals surface area contributed by atoms with Crippen molar-refractivity contribution in [1.29, 1.82) is 0 Å². The van der Waals surface area contributed by atoms with Gasteiger partial charge in [-0.1, -0.05) is 62.4 Å². The average Bonchev–Trinajstić information content (AvgIpc) is 4.06. The van der Waals surface area contributed by atoms with Crippen molar-refractivity contribution in [1.82, 2.24) is 40.0 Å². The van der Waals surface area contributed by atoms with Gasteiger partial charge in [0.25, 0.3) is 0 Å². The standard InChI is InChI=1S/C41H50N8O8/c1-24(2)34(46-39(52)55-5)38(51)48-17-6-8-32(48)35-42-21-30(44-35)28-13-9-26(10-14-28)27-11-15-29(16-12-27)31-22-43-36(45-31)33-20-41(56-18-7-19-57-41)23-49(33)37(50)25(3)47(4)40(53)54/h9-16,21-22,24-25,32-34H,6-8,17-20,23H2,1-5H3,(H,42,44)(H,43,45)(H,46,52)(H,53,54)/t25-,32?,33-,34-/m0/s1. The minimum Gasteiger partial charge on any atom is -0.465 e. The highest BCUT2D eigenvalue weighted by Crippen LogP contribution is 2.42. The molecule has 0 bridgehead atoms. The van der Waals surface area contributed by atoms with Crippen LogP contribution in [0.2, 0.25) is 0 Å². The number of likely N-dealkylation sites (N-methyl/N-ethyl adjacent to an activating group) is 1. The third kappa shape index (κ3) is 8.09. The zero-order valence-corrected chi connectivity index (χ0v) is 32.9. The van der Waals surface area contributed by atoms with E-state index in [4.69, 9.17) is 24.2 Å². The summed E-state index contributed by atoms with van der Waals surface area (Å²) in [6, 6.07) is 13.9. The third-order valence-corrected chi connectivity index (χ3v) is 11.3. The molecule has 5 heterocycles. The predicted octanol–water partition coefficient (Wildman–Crippen LogP) is 5.58. The number of aromatic amines is 2. The lowest BCUT2D eigenvalue weighted by atomic mass is 10.0. The van der Waals surface area contributed by atoms with Gasteiger partial charge in [-0.2, -0.15) is 0 Å². The molecule has 7 rings (SSSR count). The molecule has 3 aliphatic heterocycles. The Morgan fingerprint density at radius 2 is 1.39 bits per heavy atom. The van der Waals surface area contributed by atoms with E-state index >= 15 is 0 Å². The number of imidazole rings is 2. The van der Waals surface area contributed by atoms with Crippen molar-refractivity contribution >= 4 is 24.0 Å². The number of hydrogen-bond donors (Lipinski definition) is 4. The summed E-state index contributed by atoms with van der Waals surface area (Å²) in [7, 11) is 2.66. The topological polar surface area (TPSA) is 195 Å². The fourth-order valence-corrected chi connectivity index (χ4v) is 7.88. The molecule has 2 aromatic carbocycles. The molecule has 0 aliphatic carbocycles. The molecule has 4 N–H and O–H groups in total. The number of carbonyl (C=O) groups excluding carboxylic acids is 3. The van der Waals surface area contributed by atoms with Crippen molar-refractivity contribution in [2.24, 2.45) is 5.92 Å². The number of aromatic nitrogens is 4. The highest BCUT2D eigenvalue weighted by molar-refractivity contribution is 5.87. The maximum absolute atomic E-state index is 13.7. The Morgan fingerprint density at radius 3 is 1.91 bits per heavy atom. The Bertz CT molecular complexity index is 2070. The van der Waals surface area contributed by atoms with Crippen LogP contribution in [0.3, 0.4) is 0 Å². The van der Waals surface area contributed by atoms with Gasteiger partial charge in [-0.05, 0) is 43.2 Å². The van der Waals surface area contributed by atoms with Crippen LogP contribution >= 0.6 is 0 Å². The number of benzene rings is 2. The number of nitrogens with one attached hydrogen (secondary N) is 3. The minimum atomic E-state index is -1.19. The van der Waals surface area contributed by atoms with E-state index in [9.17, 15) is 24.3 Å². The molecular weight excluding hydrogens is 732 g/mol. The molecule has 3 saturated heterocycles. The lowest BCUT2D eigenvalue weighted by molar-refractivity contribution is -0.257.